The third-order valence-electron chi connectivity index (χ3n) is 3.86. The minimum Gasteiger partial charge on any atom is -0.393 e. The topological polar surface area (TPSA) is 68.4 Å². The molecule has 0 saturated heterocycles. The van der Waals surface area contributed by atoms with Crippen LogP contribution in [0.1, 0.15) is 49.7 Å². The first kappa shape index (κ1) is 10.2. The van der Waals surface area contributed by atoms with E-state index in [9.17, 15) is 5.11 Å². The molecule has 88 valence electrons. The Morgan fingerprint density at radius 2 is 2.19 bits per heavy atom. The second kappa shape index (κ2) is 3.53. The van der Waals surface area contributed by atoms with Gasteiger partial charge in [0.25, 0.3) is 0 Å². The van der Waals surface area contributed by atoms with Crippen LogP contribution in [0.25, 0.3) is 0 Å². The predicted molar refractivity (Wildman–Crippen MR) is 54.8 cm³/mol. The molecule has 2 aliphatic carbocycles. The first-order chi connectivity index (χ1) is 7.73. The first-order valence-corrected chi connectivity index (χ1v) is 5.81. The molecule has 0 unspecified atom stereocenters. The molecule has 16 heavy (non-hydrogen) atoms. The number of hydrogen-bond donors (Lipinski definition) is 1. The summed E-state index contributed by atoms with van der Waals surface area (Å²) in [6, 6.07) is 0. The Hall–Kier alpha value is -0.940. The van der Waals surface area contributed by atoms with Crippen molar-refractivity contribution in [2.24, 2.45) is 0 Å². The molecule has 5 heteroatoms. The van der Waals surface area contributed by atoms with Crippen molar-refractivity contribution in [3.8, 4) is 0 Å². The second-order valence-corrected chi connectivity index (χ2v) is 4.83. The van der Waals surface area contributed by atoms with Crippen LogP contribution in [0.15, 0.2) is 4.52 Å². The van der Waals surface area contributed by atoms with Gasteiger partial charge in [-0.15, -0.1) is 0 Å². The van der Waals surface area contributed by atoms with Crippen LogP contribution in [0.2, 0.25) is 0 Å². The number of rotatable bonds is 3. The zero-order chi connectivity index (χ0) is 11.2. The number of aliphatic hydroxyl groups excluding tert-OH is 1. The van der Waals surface area contributed by atoms with Gasteiger partial charge in [-0.25, -0.2) is 0 Å². The molecule has 1 N–H and O–H groups in total. The zero-order valence-corrected chi connectivity index (χ0v) is 9.35. The summed E-state index contributed by atoms with van der Waals surface area (Å²) in [6.45, 7) is 0. The highest BCUT2D eigenvalue weighted by Crippen LogP contribution is 2.44. The lowest BCUT2D eigenvalue weighted by molar-refractivity contribution is -0.0858. The molecular weight excluding hydrogens is 208 g/mol. The third-order valence-corrected chi connectivity index (χ3v) is 3.86. The van der Waals surface area contributed by atoms with Gasteiger partial charge in [-0.05, 0) is 32.1 Å². The monoisotopic (exact) mass is 224 g/mol. The standard InChI is InChI=1S/C11H16N2O3/c1-15-11(3-2-4-11)10-12-9(16-13-10)7-5-8(14)6-7/h7-8,14H,2-6H2,1H3. The van der Waals surface area contributed by atoms with Crippen molar-refractivity contribution in [3.05, 3.63) is 11.7 Å². The molecule has 2 aliphatic rings. The molecule has 1 heterocycles. The number of hydrogen-bond acceptors (Lipinski definition) is 5. The van der Waals surface area contributed by atoms with Gasteiger partial charge in [-0.1, -0.05) is 5.16 Å². The molecule has 0 aromatic carbocycles. The quantitative estimate of drug-likeness (QED) is 0.839. The summed E-state index contributed by atoms with van der Waals surface area (Å²) in [4.78, 5) is 4.42. The number of aromatic nitrogens is 2. The maximum Gasteiger partial charge on any atom is 0.230 e. The number of nitrogens with zero attached hydrogens (tertiary/aromatic N) is 2. The Morgan fingerprint density at radius 1 is 1.44 bits per heavy atom. The molecule has 3 rings (SSSR count). The lowest BCUT2D eigenvalue weighted by atomic mass is 9.79. The second-order valence-electron chi connectivity index (χ2n) is 4.83. The van der Waals surface area contributed by atoms with Gasteiger partial charge in [0.2, 0.25) is 11.7 Å². The molecule has 0 radical (unpaired) electrons. The highest BCUT2D eigenvalue weighted by molar-refractivity contribution is 5.09. The lowest BCUT2D eigenvalue weighted by Crippen LogP contribution is -2.37. The fourth-order valence-corrected chi connectivity index (χ4v) is 2.39. The van der Waals surface area contributed by atoms with Gasteiger partial charge < -0.3 is 14.4 Å². The van der Waals surface area contributed by atoms with Gasteiger partial charge in [0.05, 0.1) is 6.10 Å². The third kappa shape index (κ3) is 1.38. The van der Waals surface area contributed by atoms with E-state index in [1.54, 1.807) is 7.11 Å². The van der Waals surface area contributed by atoms with E-state index in [4.69, 9.17) is 9.26 Å². The molecule has 1 aromatic rings. The lowest BCUT2D eigenvalue weighted by Gasteiger charge is -2.37. The van der Waals surface area contributed by atoms with Crippen LogP contribution in [0.5, 0.6) is 0 Å². The van der Waals surface area contributed by atoms with Crippen LogP contribution < -0.4 is 0 Å². The van der Waals surface area contributed by atoms with E-state index in [0.717, 1.165) is 32.1 Å². The number of methoxy groups -OCH3 is 1. The van der Waals surface area contributed by atoms with E-state index in [2.05, 4.69) is 10.1 Å². The smallest absolute Gasteiger partial charge is 0.230 e. The minimum absolute atomic E-state index is 0.194. The van der Waals surface area contributed by atoms with E-state index in [1.807, 2.05) is 0 Å². The maximum absolute atomic E-state index is 9.24. The highest BCUT2D eigenvalue weighted by atomic mass is 16.5. The summed E-state index contributed by atoms with van der Waals surface area (Å²) in [7, 11) is 1.70. The normalized spacial score (nSPS) is 31.9. The van der Waals surface area contributed by atoms with Gasteiger partial charge in [0.1, 0.15) is 5.60 Å². The Morgan fingerprint density at radius 3 is 2.69 bits per heavy atom. The maximum atomic E-state index is 9.24. The zero-order valence-electron chi connectivity index (χ0n) is 9.35. The Bertz CT molecular complexity index is 375. The predicted octanol–water partition coefficient (Wildman–Crippen LogP) is 1.33. The Labute approximate surface area is 93.8 Å². The van der Waals surface area contributed by atoms with Crippen LogP contribution in [0.4, 0.5) is 0 Å². The number of ether oxygens (including phenoxy) is 1. The SMILES string of the molecule is COC1(c2noc(C3CC(O)C3)n2)CCC1. The van der Waals surface area contributed by atoms with Gasteiger partial charge in [-0.3, -0.25) is 0 Å². The van der Waals surface area contributed by atoms with Crippen LogP contribution in [-0.2, 0) is 10.3 Å². The van der Waals surface area contributed by atoms with E-state index >= 15 is 0 Å². The van der Waals surface area contributed by atoms with Gasteiger partial charge in [0.15, 0.2) is 0 Å². The van der Waals surface area contributed by atoms with Crippen molar-refractivity contribution < 1.29 is 14.4 Å². The summed E-state index contributed by atoms with van der Waals surface area (Å²) in [5, 5.41) is 13.3. The van der Waals surface area contributed by atoms with E-state index in [-0.39, 0.29) is 17.6 Å². The minimum atomic E-state index is -0.301. The fraction of sp³-hybridized carbons (Fsp3) is 0.818. The molecule has 0 atom stereocenters. The van der Waals surface area contributed by atoms with Crippen molar-refractivity contribution in [2.45, 2.75) is 49.7 Å². The summed E-state index contributed by atoms with van der Waals surface area (Å²) in [5.41, 5.74) is -0.301. The first-order valence-electron chi connectivity index (χ1n) is 5.81. The van der Waals surface area contributed by atoms with Crippen molar-refractivity contribution in [2.75, 3.05) is 7.11 Å². The molecule has 0 amide bonds. The summed E-state index contributed by atoms with van der Waals surface area (Å²) >= 11 is 0. The van der Waals surface area contributed by atoms with Crippen molar-refractivity contribution in [3.63, 3.8) is 0 Å². The largest absolute Gasteiger partial charge is 0.393 e. The summed E-state index contributed by atoms with van der Waals surface area (Å²) in [6.07, 6.45) is 4.37. The highest BCUT2D eigenvalue weighted by Gasteiger charge is 2.44. The molecule has 2 fully saturated rings. The van der Waals surface area contributed by atoms with Crippen LogP contribution in [0.3, 0.4) is 0 Å². The van der Waals surface area contributed by atoms with Crippen LogP contribution in [-0.4, -0.2) is 28.5 Å². The van der Waals surface area contributed by atoms with Crippen molar-refractivity contribution >= 4 is 0 Å². The van der Waals surface area contributed by atoms with Gasteiger partial charge in [0, 0.05) is 13.0 Å². The summed E-state index contributed by atoms with van der Waals surface area (Å²) < 4.78 is 10.7. The molecule has 1 aromatic heterocycles. The van der Waals surface area contributed by atoms with Crippen molar-refractivity contribution in [1.82, 2.24) is 10.1 Å². The average Bonchev–Trinajstić information content (AvgIpc) is 2.61. The Balaban J connectivity index is 1.77. The van der Waals surface area contributed by atoms with E-state index < -0.39 is 0 Å². The van der Waals surface area contributed by atoms with E-state index in [1.165, 1.54) is 0 Å². The molecule has 5 nitrogen and oxygen atoms in total. The van der Waals surface area contributed by atoms with Crippen molar-refractivity contribution in [1.29, 1.82) is 0 Å². The van der Waals surface area contributed by atoms with Crippen LogP contribution in [0, 0.1) is 0 Å². The van der Waals surface area contributed by atoms with Gasteiger partial charge >= 0.3 is 0 Å². The van der Waals surface area contributed by atoms with E-state index in [0.29, 0.717) is 11.7 Å². The Kier molecular flexibility index (Phi) is 2.26. The molecule has 0 bridgehead atoms. The van der Waals surface area contributed by atoms with Gasteiger partial charge in [-0.2, -0.15) is 4.98 Å². The van der Waals surface area contributed by atoms with Crippen LogP contribution >= 0.6 is 0 Å². The molecule has 0 aliphatic heterocycles. The molecule has 0 spiro atoms. The number of aliphatic hydroxyl groups is 1. The molecular formula is C11H16N2O3. The summed E-state index contributed by atoms with van der Waals surface area (Å²) in [5.74, 6) is 1.58. The molecule has 2 saturated carbocycles. The average molecular weight is 224 g/mol. The fourth-order valence-electron chi connectivity index (χ4n) is 2.39.